The van der Waals surface area contributed by atoms with Gasteiger partial charge in [-0.05, 0) is 36.1 Å². The van der Waals surface area contributed by atoms with Crippen LogP contribution in [0, 0.1) is 5.41 Å². The molecule has 2 aromatic rings. The maximum atomic E-state index is 11.8. The van der Waals surface area contributed by atoms with Gasteiger partial charge < -0.3 is 9.84 Å². The monoisotopic (exact) mass is 270 g/mol. The minimum Gasteiger partial charge on any atom is -0.481 e. The Balaban J connectivity index is 2.06. The molecule has 2 atom stereocenters. The molecule has 1 saturated heterocycles. The molecule has 104 valence electrons. The number of carboxylic acid groups (broad SMARTS) is 1. The van der Waals surface area contributed by atoms with Crippen LogP contribution in [0.5, 0.6) is 0 Å². The van der Waals surface area contributed by atoms with E-state index in [1.807, 2.05) is 31.2 Å². The summed E-state index contributed by atoms with van der Waals surface area (Å²) in [5, 5.41) is 12.0. The van der Waals surface area contributed by atoms with Gasteiger partial charge in [-0.1, -0.05) is 42.5 Å². The van der Waals surface area contributed by atoms with Gasteiger partial charge in [-0.2, -0.15) is 0 Å². The van der Waals surface area contributed by atoms with E-state index in [0.29, 0.717) is 19.4 Å². The van der Waals surface area contributed by atoms with Crippen molar-refractivity contribution < 1.29 is 14.6 Å². The van der Waals surface area contributed by atoms with Crippen LogP contribution in [-0.2, 0) is 16.0 Å². The highest BCUT2D eigenvalue weighted by Gasteiger charge is 2.48. The summed E-state index contributed by atoms with van der Waals surface area (Å²) in [6.45, 7) is 2.39. The van der Waals surface area contributed by atoms with E-state index in [0.717, 1.165) is 16.3 Å². The molecular weight excluding hydrogens is 252 g/mol. The number of rotatable bonds is 3. The SMILES string of the molecule is CC1OCCC1(Cc1cccc2ccccc12)C(=O)O. The summed E-state index contributed by atoms with van der Waals surface area (Å²) < 4.78 is 5.53. The molecule has 2 aromatic carbocycles. The van der Waals surface area contributed by atoms with Gasteiger partial charge in [0.15, 0.2) is 0 Å². The van der Waals surface area contributed by atoms with Crippen LogP contribution >= 0.6 is 0 Å². The van der Waals surface area contributed by atoms with Gasteiger partial charge in [-0.3, -0.25) is 4.79 Å². The molecular formula is C17H18O3. The smallest absolute Gasteiger partial charge is 0.312 e. The Kier molecular flexibility index (Phi) is 3.22. The molecule has 20 heavy (non-hydrogen) atoms. The average Bonchev–Trinajstić information content (AvgIpc) is 2.82. The van der Waals surface area contributed by atoms with Crippen molar-refractivity contribution in [2.24, 2.45) is 5.41 Å². The van der Waals surface area contributed by atoms with Crippen LogP contribution in [0.4, 0.5) is 0 Å². The molecule has 3 heteroatoms. The molecule has 0 aliphatic carbocycles. The lowest BCUT2D eigenvalue weighted by Crippen LogP contribution is -2.39. The Labute approximate surface area is 118 Å². The zero-order valence-corrected chi connectivity index (χ0v) is 11.5. The molecule has 0 spiro atoms. The van der Waals surface area contributed by atoms with Gasteiger partial charge in [0, 0.05) is 6.61 Å². The van der Waals surface area contributed by atoms with Crippen molar-refractivity contribution in [2.45, 2.75) is 25.9 Å². The highest BCUT2D eigenvalue weighted by atomic mass is 16.5. The fraction of sp³-hybridized carbons (Fsp3) is 0.353. The predicted molar refractivity (Wildman–Crippen MR) is 77.8 cm³/mol. The van der Waals surface area contributed by atoms with Crippen LogP contribution in [0.2, 0.25) is 0 Å². The minimum atomic E-state index is -0.801. The first-order chi connectivity index (χ1) is 9.63. The lowest BCUT2D eigenvalue weighted by Gasteiger charge is -2.28. The Morgan fingerprint density at radius 2 is 2.05 bits per heavy atom. The standard InChI is InChI=1S/C17H18O3/c1-12-17(16(18)19,9-10-20-12)11-14-7-4-6-13-5-2-3-8-15(13)14/h2-8,12H,9-11H2,1H3,(H,18,19). The third-order valence-corrected chi connectivity index (χ3v) is 4.51. The molecule has 1 aliphatic rings. The number of carbonyl (C=O) groups is 1. The quantitative estimate of drug-likeness (QED) is 0.931. The van der Waals surface area contributed by atoms with Gasteiger partial charge in [0.2, 0.25) is 0 Å². The van der Waals surface area contributed by atoms with Crippen LogP contribution in [0.15, 0.2) is 42.5 Å². The first-order valence-electron chi connectivity index (χ1n) is 6.95. The van der Waals surface area contributed by atoms with Crippen LogP contribution in [-0.4, -0.2) is 23.8 Å². The number of aliphatic carboxylic acids is 1. The predicted octanol–water partition coefficient (Wildman–Crippen LogP) is 3.26. The molecule has 3 nitrogen and oxygen atoms in total. The van der Waals surface area contributed by atoms with Gasteiger partial charge in [-0.25, -0.2) is 0 Å². The second-order valence-electron chi connectivity index (χ2n) is 5.54. The fourth-order valence-corrected chi connectivity index (χ4v) is 3.16. The van der Waals surface area contributed by atoms with E-state index in [9.17, 15) is 9.90 Å². The van der Waals surface area contributed by atoms with Gasteiger partial charge in [0.05, 0.1) is 11.5 Å². The molecule has 0 aromatic heterocycles. The van der Waals surface area contributed by atoms with Crippen molar-refractivity contribution in [3.05, 3.63) is 48.0 Å². The van der Waals surface area contributed by atoms with Crippen molar-refractivity contribution in [3.8, 4) is 0 Å². The molecule has 0 amide bonds. The van der Waals surface area contributed by atoms with Crippen LogP contribution in [0.3, 0.4) is 0 Å². The van der Waals surface area contributed by atoms with E-state index in [1.54, 1.807) is 0 Å². The molecule has 2 unspecified atom stereocenters. The maximum absolute atomic E-state index is 11.8. The Bertz CT molecular complexity index is 644. The van der Waals surface area contributed by atoms with E-state index in [4.69, 9.17) is 4.74 Å². The number of carboxylic acids is 1. The van der Waals surface area contributed by atoms with Crippen LogP contribution in [0.25, 0.3) is 10.8 Å². The van der Waals surface area contributed by atoms with Crippen molar-refractivity contribution >= 4 is 16.7 Å². The second kappa shape index (κ2) is 4.91. The molecule has 0 radical (unpaired) electrons. The summed E-state index contributed by atoms with van der Waals surface area (Å²) in [4.78, 5) is 11.8. The van der Waals surface area contributed by atoms with Crippen molar-refractivity contribution in [3.63, 3.8) is 0 Å². The fourth-order valence-electron chi connectivity index (χ4n) is 3.16. The van der Waals surface area contributed by atoms with E-state index >= 15 is 0 Å². The van der Waals surface area contributed by atoms with Crippen LogP contribution in [0.1, 0.15) is 18.9 Å². The molecule has 0 saturated carbocycles. The van der Waals surface area contributed by atoms with E-state index < -0.39 is 11.4 Å². The second-order valence-corrected chi connectivity index (χ2v) is 5.54. The number of benzene rings is 2. The highest BCUT2D eigenvalue weighted by Crippen LogP contribution is 2.39. The number of hydrogen-bond acceptors (Lipinski definition) is 2. The lowest BCUT2D eigenvalue weighted by molar-refractivity contribution is -0.151. The van der Waals surface area contributed by atoms with Crippen LogP contribution < -0.4 is 0 Å². The molecule has 0 bridgehead atoms. The average molecular weight is 270 g/mol. The Morgan fingerprint density at radius 3 is 2.75 bits per heavy atom. The molecule has 1 N–H and O–H groups in total. The number of fused-ring (bicyclic) bond motifs is 1. The summed E-state index contributed by atoms with van der Waals surface area (Å²) in [6.07, 6.45) is 0.844. The Morgan fingerprint density at radius 1 is 1.30 bits per heavy atom. The number of hydrogen-bond donors (Lipinski definition) is 1. The zero-order valence-electron chi connectivity index (χ0n) is 11.5. The van der Waals surface area contributed by atoms with Gasteiger partial charge in [0.25, 0.3) is 0 Å². The van der Waals surface area contributed by atoms with Gasteiger partial charge in [0.1, 0.15) is 0 Å². The van der Waals surface area contributed by atoms with E-state index in [2.05, 4.69) is 18.2 Å². The summed E-state index contributed by atoms with van der Waals surface area (Å²) in [6, 6.07) is 14.2. The van der Waals surface area contributed by atoms with Crippen molar-refractivity contribution in [1.82, 2.24) is 0 Å². The third-order valence-electron chi connectivity index (χ3n) is 4.51. The van der Waals surface area contributed by atoms with Gasteiger partial charge >= 0.3 is 5.97 Å². The molecule has 1 heterocycles. The third kappa shape index (κ3) is 1.98. The number of ether oxygens (including phenoxy) is 1. The normalized spacial score (nSPS) is 25.9. The largest absolute Gasteiger partial charge is 0.481 e. The molecule has 3 rings (SSSR count). The lowest BCUT2D eigenvalue weighted by atomic mass is 9.75. The van der Waals surface area contributed by atoms with E-state index in [1.165, 1.54) is 0 Å². The maximum Gasteiger partial charge on any atom is 0.312 e. The molecule has 1 fully saturated rings. The Hall–Kier alpha value is -1.87. The summed E-state index contributed by atoms with van der Waals surface area (Å²) in [5.74, 6) is -0.754. The van der Waals surface area contributed by atoms with Crippen molar-refractivity contribution in [2.75, 3.05) is 6.61 Å². The van der Waals surface area contributed by atoms with Gasteiger partial charge in [-0.15, -0.1) is 0 Å². The first-order valence-corrected chi connectivity index (χ1v) is 6.95. The molecule has 1 aliphatic heterocycles. The minimum absolute atomic E-state index is 0.251. The van der Waals surface area contributed by atoms with E-state index in [-0.39, 0.29) is 6.10 Å². The summed E-state index contributed by atoms with van der Waals surface area (Å²) >= 11 is 0. The summed E-state index contributed by atoms with van der Waals surface area (Å²) in [5.41, 5.74) is 0.285. The van der Waals surface area contributed by atoms with Crippen molar-refractivity contribution in [1.29, 1.82) is 0 Å². The zero-order chi connectivity index (χ0) is 14.2. The first kappa shape index (κ1) is 13.1. The topological polar surface area (TPSA) is 46.5 Å². The highest BCUT2D eigenvalue weighted by molar-refractivity contribution is 5.86. The summed E-state index contributed by atoms with van der Waals surface area (Å²) in [7, 11) is 0.